The number of alkyl halides is 3. The van der Waals surface area contributed by atoms with Crippen LogP contribution in [0.1, 0.15) is 64.3 Å². The SMILES string of the molecule is CC.CC1CN(c2ncnc3c2C(C)(C)CN3c2cc(C#N)c(C(F)F)nn2)CCN1C(=O)C1(CF)CCS1=O. The molecule has 5 heterocycles. The van der Waals surface area contributed by atoms with Crippen LogP contribution in [0.2, 0.25) is 0 Å². The van der Waals surface area contributed by atoms with Gasteiger partial charge in [0.05, 0.1) is 5.56 Å². The molecule has 10 nitrogen and oxygen atoms in total. The van der Waals surface area contributed by atoms with Crippen molar-refractivity contribution in [3.05, 3.63) is 29.2 Å². The van der Waals surface area contributed by atoms with E-state index in [1.807, 2.05) is 39.5 Å². The summed E-state index contributed by atoms with van der Waals surface area (Å²) in [5.41, 5.74) is -0.567. The fraction of sp³-hybridized carbons (Fsp3) is 0.615. The number of fused-ring (bicyclic) bond motifs is 1. The Kier molecular flexibility index (Phi) is 8.35. The number of rotatable bonds is 5. The molecule has 0 aromatic carbocycles. The monoisotopic (exact) mass is 578 g/mol. The molecule has 40 heavy (non-hydrogen) atoms. The maximum atomic E-state index is 13.8. The van der Waals surface area contributed by atoms with Crippen LogP contribution in [-0.2, 0) is 21.0 Å². The smallest absolute Gasteiger partial charge is 0.283 e. The summed E-state index contributed by atoms with van der Waals surface area (Å²) in [5.74, 6) is 1.39. The zero-order valence-corrected chi connectivity index (χ0v) is 24.0. The summed E-state index contributed by atoms with van der Waals surface area (Å²) in [5, 5.41) is 16.9. The molecule has 2 fully saturated rings. The van der Waals surface area contributed by atoms with Crippen molar-refractivity contribution >= 4 is 34.2 Å². The molecule has 0 radical (unpaired) electrons. The van der Waals surface area contributed by atoms with Crippen molar-refractivity contribution in [2.24, 2.45) is 0 Å². The molecular formula is C26H33F3N8O2S. The minimum Gasteiger partial charge on any atom is -0.352 e. The van der Waals surface area contributed by atoms with Crippen LogP contribution in [0.25, 0.3) is 0 Å². The molecule has 216 valence electrons. The lowest BCUT2D eigenvalue weighted by atomic mass is 9.87. The van der Waals surface area contributed by atoms with Crippen molar-refractivity contribution in [2.75, 3.05) is 48.4 Å². The Balaban J connectivity index is 0.00000181. The Bertz CT molecular complexity index is 1350. The quantitative estimate of drug-likeness (QED) is 0.526. The number of carbonyl (C=O) groups excluding carboxylic acids is 1. The molecule has 14 heteroatoms. The summed E-state index contributed by atoms with van der Waals surface area (Å²) in [4.78, 5) is 27.6. The summed E-state index contributed by atoms with van der Waals surface area (Å²) in [6.07, 6.45) is -1.22. The standard InChI is InChI=1S/C24H27F3N8O2S.C2H6/c1-14-10-33(5-6-34(14)22(36)24(11-25)4-7-38(24)37)20-17-21(30-13-29-20)35(12-23(17,2)3)16-8-15(9-28)18(19(26)27)32-31-16;1-2/h8,13-14,19H,4-7,10-12H2,1-3H3;1-2H3. The van der Waals surface area contributed by atoms with E-state index in [-0.39, 0.29) is 17.4 Å². The van der Waals surface area contributed by atoms with Gasteiger partial charge >= 0.3 is 0 Å². The van der Waals surface area contributed by atoms with Crippen molar-refractivity contribution in [1.29, 1.82) is 5.26 Å². The summed E-state index contributed by atoms with van der Waals surface area (Å²) >= 11 is 0. The zero-order valence-electron chi connectivity index (χ0n) is 23.2. The van der Waals surface area contributed by atoms with Gasteiger partial charge in [-0.05, 0) is 13.3 Å². The van der Waals surface area contributed by atoms with Crippen molar-refractivity contribution < 1.29 is 22.2 Å². The molecule has 0 N–H and O–H groups in total. The molecule has 3 aliphatic heterocycles. The second-order valence-corrected chi connectivity index (χ2v) is 12.4. The maximum absolute atomic E-state index is 13.8. The van der Waals surface area contributed by atoms with E-state index in [9.17, 15) is 27.4 Å². The molecule has 2 aromatic heterocycles. The minimum absolute atomic E-state index is 0.233. The first kappa shape index (κ1) is 29.6. The largest absolute Gasteiger partial charge is 0.352 e. The lowest BCUT2D eigenvalue weighted by Crippen LogP contribution is -2.65. The number of piperazine rings is 1. The maximum Gasteiger partial charge on any atom is 0.283 e. The molecule has 0 spiro atoms. The predicted molar refractivity (Wildman–Crippen MR) is 145 cm³/mol. The van der Waals surface area contributed by atoms with Gasteiger partial charge < -0.3 is 14.7 Å². The second kappa shape index (κ2) is 11.3. The number of carbonyl (C=O) groups is 1. The Morgan fingerprint density at radius 2 is 1.93 bits per heavy atom. The molecule has 3 unspecified atom stereocenters. The molecule has 2 saturated heterocycles. The number of nitriles is 1. The summed E-state index contributed by atoms with van der Waals surface area (Å²) < 4.78 is 51.1. The Labute approximate surface area is 234 Å². The van der Waals surface area contributed by atoms with E-state index in [0.29, 0.717) is 50.0 Å². The Morgan fingerprint density at radius 3 is 2.48 bits per heavy atom. The average molecular weight is 579 g/mol. The topological polar surface area (TPSA) is 119 Å². The van der Waals surface area contributed by atoms with Crippen LogP contribution < -0.4 is 9.80 Å². The fourth-order valence-electron chi connectivity index (χ4n) is 5.46. The van der Waals surface area contributed by atoms with E-state index >= 15 is 0 Å². The van der Waals surface area contributed by atoms with E-state index in [0.717, 1.165) is 5.56 Å². The zero-order chi connectivity index (χ0) is 29.4. The lowest BCUT2D eigenvalue weighted by molar-refractivity contribution is -0.137. The first-order chi connectivity index (χ1) is 19.0. The normalized spacial score (nSPS) is 25.1. The molecule has 0 saturated carbocycles. The third-order valence-electron chi connectivity index (χ3n) is 7.63. The van der Waals surface area contributed by atoms with Crippen LogP contribution in [-0.4, -0.2) is 84.6 Å². The van der Waals surface area contributed by atoms with Crippen LogP contribution in [0, 0.1) is 11.3 Å². The molecule has 3 atom stereocenters. The van der Waals surface area contributed by atoms with Gasteiger partial charge in [0.1, 0.15) is 36.4 Å². The molecule has 5 rings (SSSR count). The summed E-state index contributed by atoms with van der Waals surface area (Å²) in [6, 6.07) is 2.79. The van der Waals surface area contributed by atoms with Gasteiger partial charge in [0.25, 0.3) is 6.43 Å². The third kappa shape index (κ3) is 4.78. The van der Waals surface area contributed by atoms with E-state index in [1.54, 1.807) is 15.9 Å². The van der Waals surface area contributed by atoms with Crippen LogP contribution >= 0.6 is 0 Å². The van der Waals surface area contributed by atoms with Gasteiger partial charge in [-0.1, -0.05) is 27.7 Å². The molecular weight excluding hydrogens is 545 g/mol. The molecule has 0 aliphatic carbocycles. The van der Waals surface area contributed by atoms with Crippen LogP contribution in [0.15, 0.2) is 12.4 Å². The first-order valence-corrected chi connectivity index (χ1v) is 14.6. The number of aromatic nitrogens is 4. The average Bonchev–Trinajstić information content (AvgIpc) is 3.23. The van der Waals surface area contributed by atoms with Crippen molar-refractivity contribution in [3.63, 3.8) is 0 Å². The van der Waals surface area contributed by atoms with Crippen molar-refractivity contribution in [3.8, 4) is 6.07 Å². The second-order valence-electron chi connectivity index (χ2n) is 10.5. The highest BCUT2D eigenvalue weighted by atomic mass is 32.2. The summed E-state index contributed by atoms with van der Waals surface area (Å²) in [6.45, 7) is 10.6. The number of amides is 1. The van der Waals surface area contributed by atoms with E-state index < -0.39 is 45.7 Å². The fourth-order valence-corrected chi connectivity index (χ4v) is 6.76. The van der Waals surface area contributed by atoms with Crippen molar-refractivity contribution in [2.45, 2.75) is 63.7 Å². The van der Waals surface area contributed by atoms with E-state index in [1.165, 1.54) is 12.4 Å². The number of nitrogens with zero attached hydrogens (tertiary/aromatic N) is 8. The molecule has 3 aliphatic rings. The van der Waals surface area contributed by atoms with E-state index in [4.69, 9.17) is 0 Å². The van der Waals surface area contributed by atoms with Crippen LogP contribution in [0.3, 0.4) is 0 Å². The number of anilines is 3. The van der Waals surface area contributed by atoms with Gasteiger partial charge in [-0.2, -0.15) is 5.26 Å². The van der Waals surface area contributed by atoms with Gasteiger partial charge in [-0.25, -0.2) is 23.1 Å². The highest BCUT2D eigenvalue weighted by Gasteiger charge is 2.54. The number of hydrogen-bond acceptors (Lipinski definition) is 9. The highest BCUT2D eigenvalue weighted by Crippen LogP contribution is 2.46. The minimum atomic E-state index is -2.92. The van der Waals surface area contributed by atoms with Crippen LogP contribution in [0.5, 0.6) is 0 Å². The van der Waals surface area contributed by atoms with Crippen LogP contribution in [0.4, 0.5) is 30.6 Å². The molecule has 2 aromatic rings. The van der Waals surface area contributed by atoms with Gasteiger partial charge in [-0.3, -0.25) is 9.00 Å². The van der Waals surface area contributed by atoms with Gasteiger partial charge in [0.15, 0.2) is 10.6 Å². The Hall–Kier alpha value is -3.34. The summed E-state index contributed by atoms with van der Waals surface area (Å²) in [7, 11) is -1.50. The third-order valence-corrected chi connectivity index (χ3v) is 9.56. The number of halogens is 3. The lowest BCUT2D eigenvalue weighted by Gasteiger charge is -2.46. The Morgan fingerprint density at radius 1 is 1.23 bits per heavy atom. The highest BCUT2D eigenvalue weighted by molar-refractivity contribution is 7.88. The van der Waals surface area contributed by atoms with E-state index in [2.05, 4.69) is 20.2 Å². The molecule has 0 bridgehead atoms. The first-order valence-electron chi connectivity index (χ1n) is 13.2. The van der Waals surface area contributed by atoms with Gasteiger partial charge in [0.2, 0.25) is 5.91 Å². The molecule has 1 amide bonds. The van der Waals surface area contributed by atoms with Crippen molar-refractivity contribution in [1.82, 2.24) is 25.1 Å². The van der Waals surface area contributed by atoms with Gasteiger partial charge in [-0.15, -0.1) is 10.2 Å². The van der Waals surface area contributed by atoms with Gasteiger partial charge in [0, 0.05) is 65.8 Å². The number of hydrogen-bond donors (Lipinski definition) is 0. The predicted octanol–water partition coefficient (Wildman–Crippen LogP) is 3.43.